The first-order valence-electron chi connectivity index (χ1n) is 6.55. The Kier molecular flexibility index (Phi) is 3.76. The van der Waals surface area contributed by atoms with Gasteiger partial charge in [-0.25, -0.2) is 0 Å². The number of rotatable bonds is 5. The molecule has 0 heterocycles. The van der Waals surface area contributed by atoms with Gasteiger partial charge in [0.25, 0.3) is 0 Å². The Morgan fingerprint density at radius 3 is 2.72 bits per heavy atom. The molecule has 1 aliphatic carbocycles. The summed E-state index contributed by atoms with van der Waals surface area (Å²) in [6, 6.07) is 8.57. The van der Waals surface area contributed by atoms with Gasteiger partial charge in [-0.3, -0.25) is 0 Å². The van der Waals surface area contributed by atoms with E-state index in [1.54, 1.807) is 7.11 Å². The second-order valence-electron chi connectivity index (χ2n) is 4.98. The molecule has 96 valence electrons. The summed E-state index contributed by atoms with van der Waals surface area (Å²) in [5.41, 5.74) is 2.14. The van der Waals surface area contributed by atoms with Crippen LogP contribution in [0.1, 0.15) is 31.7 Å². The van der Waals surface area contributed by atoms with Gasteiger partial charge >= 0.3 is 0 Å². The topological polar surface area (TPSA) is 45.0 Å². The fourth-order valence-corrected chi connectivity index (χ4v) is 2.37. The van der Waals surface area contributed by atoms with Crippen molar-refractivity contribution in [1.82, 2.24) is 0 Å². The lowest BCUT2D eigenvalue weighted by Crippen LogP contribution is -2.35. The Labute approximate surface area is 109 Å². The molecule has 1 aromatic carbocycles. The SMILES string of the molecule is CCc1cc(NCC2(C#N)CCC2)ccc1OC. The maximum Gasteiger partial charge on any atom is 0.122 e. The molecule has 1 aromatic rings. The minimum atomic E-state index is -0.133. The Hall–Kier alpha value is -1.69. The number of ether oxygens (including phenoxy) is 1. The average Bonchev–Trinajstić information content (AvgIpc) is 2.37. The minimum Gasteiger partial charge on any atom is -0.496 e. The van der Waals surface area contributed by atoms with Gasteiger partial charge in [-0.2, -0.15) is 5.26 Å². The number of aryl methyl sites for hydroxylation is 1. The predicted molar refractivity (Wildman–Crippen MR) is 72.8 cm³/mol. The van der Waals surface area contributed by atoms with Crippen LogP contribution in [-0.4, -0.2) is 13.7 Å². The van der Waals surface area contributed by atoms with Crippen LogP contribution in [0.25, 0.3) is 0 Å². The number of benzene rings is 1. The maximum absolute atomic E-state index is 9.19. The number of anilines is 1. The number of nitriles is 1. The number of hydrogen-bond acceptors (Lipinski definition) is 3. The average molecular weight is 244 g/mol. The van der Waals surface area contributed by atoms with E-state index in [1.165, 1.54) is 12.0 Å². The quantitative estimate of drug-likeness (QED) is 0.863. The summed E-state index contributed by atoms with van der Waals surface area (Å²) >= 11 is 0. The monoisotopic (exact) mass is 244 g/mol. The largest absolute Gasteiger partial charge is 0.496 e. The summed E-state index contributed by atoms with van der Waals surface area (Å²) in [4.78, 5) is 0. The third-order valence-electron chi connectivity index (χ3n) is 3.84. The third-order valence-corrected chi connectivity index (χ3v) is 3.84. The molecule has 0 radical (unpaired) electrons. The van der Waals surface area contributed by atoms with Gasteiger partial charge in [-0.1, -0.05) is 13.3 Å². The molecule has 3 nitrogen and oxygen atoms in total. The Morgan fingerprint density at radius 1 is 1.44 bits per heavy atom. The Morgan fingerprint density at radius 2 is 2.22 bits per heavy atom. The highest BCUT2D eigenvalue weighted by Gasteiger charge is 2.36. The highest BCUT2D eigenvalue weighted by atomic mass is 16.5. The van der Waals surface area contributed by atoms with E-state index in [0.717, 1.165) is 37.2 Å². The number of nitrogens with one attached hydrogen (secondary N) is 1. The van der Waals surface area contributed by atoms with E-state index < -0.39 is 0 Å². The van der Waals surface area contributed by atoms with Crippen LogP contribution in [0.3, 0.4) is 0 Å². The highest BCUT2D eigenvalue weighted by molar-refractivity contribution is 5.51. The summed E-state index contributed by atoms with van der Waals surface area (Å²) in [7, 11) is 1.70. The lowest BCUT2D eigenvalue weighted by molar-refractivity contribution is 0.233. The van der Waals surface area contributed by atoms with Crippen LogP contribution >= 0.6 is 0 Å². The first-order valence-corrected chi connectivity index (χ1v) is 6.55. The van der Waals surface area contributed by atoms with Crippen molar-refractivity contribution in [1.29, 1.82) is 5.26 Å². The van der Waals surface area contributed by atoms with E-state index in [2.05, 4.69) is 24.4 Å². The van der Waals surface area contributed by atoms with Crippen molar-refractivity contribution in [2.24, 2.45) is 5.41 Å². The van der Waals surface area contributed by atoms with Crippen molar-refractivity contribution in [2.45, 2.75) is 32.6 Å². The van der Waals surface area contributed by atoms with Gasteiger partial charge in [0.1, 0.15) is 5.75 Å². The zero-order valence-electron chi connectivity index (χ0n) is 11.1. The summed E-state index contributed by atoms with van der Waals surface area (Å²) in [6.45, 7) is 2.86. The molecule has 1 N–H and O–H groups in total. The van der Waals surface area contributed by atoms with E-state index in [-0.39, 0.29) is 5.41 Å². The Balaban J connectivity index is 2.04. The smallest absolute Gasteiger partial charge is 0.122 e. The highest BCUT2D eigenvalue weighted by Crippen LogP contribution is 2.40. The summed E-state index contributed by atoms with van der Waals surface area (Å²) in [5, 5.41) is 12.6. The Bertz CT molecular complexity index is 458. The normalized spacial score (nSPS) is 16.5. The van der Waals surface area contributed by atoms with Gasteiger partial charge in [0.05, 0.1) is 18.6 Å². The molecular weight excluding hydrogens is 224 g/mol. The van der Waals surface area contributed by atoms with Crippen LogP contribution in [0.4, 0.5) is 5.69 Å². The van der Waals surface area contributed by atoms with Gasteiger partial charge in [0.2, 0.25) is 0 Å². The van der Waals surface area contributed by atoms with E-state index in [1.807, 2.05) is 12.1 Å². The molecular formula is C15H20N2O. The second-order valence-corrected chi connectivity index (χ2v) is 4.98. The molecule has 0 saturated heterocycles. The number of nitrogens with zero attached hydrogens (tertiary/aromatic N) is 1. The summed E-state index contributed by atoms with van der Waals surface area (Å²) < 4.78 is 5.31. The van der Waals surface area contributed by atoms with Gasteiger partial charge in [-0.15, -0.1) is 0 Å². The van der Waals surface area contributed by atoms with Crippen LogP contribution in [0.2, 0.25) is 0 Å². The molecule has 0 bridgehead atoms. The van der Waals surface area contributed by atoms with Crippen molar-refractivity contribution in [2.75, 3.05) is 19.0 Å². The predicted octanol–water partition coefficient (Wildman–Crippen LogP) is 3.36. The molecule has 0 spiro atoms. The molecule has 1 aliphatic rings. The molecule has 3 heteroatoms. The van der Waals surface area contributed by atoms with Gasteiger partial charge in [-0.05, 0) is 43.0 Å². The first kappa shape index (κ1) is 12.8. The van der Waals surface area contributed by atoms with E-state index >= 15 is 0 Å². The number of methoxy groups -OCH3 is 1. The van der Waals surface area contributed by atoms with Gasteiger partial charge in [0.15, 0.2) is 0 Å². The summed E-state index contributed by atoms with van der Waals surface area (Å²) in [5.74, 6) is 0.932. The second kappa shape index (κ2) is 5.30. The third kappa shape index (κ3) is 2.43. The van der Waals surface area contributed by atoms with Crippen molar-refractivity contribution >= 4 is 5.69 Å². The van der Waals surface area contributed by atoms with Crippen LogP contribution in [0, 0.1) is 16.7 Å². The van der Waals surface area contributed by atoms with Gasteiger partial charge in [0, 0.05) is 12.2 Å². The van der Waals surface area contributed by atoms with Gasteiger partial charge < -0.3 is 10.1 Å². The molecule has 0 atom stereocenters. The van der Waals surface area contributed by atoms with Crippen molar-refractivity contribution in [3.63, 3.8) is 0 Å². The van der Waals surface area contributed by atoms with Crippen LogP contribution in [0.5, 0.6) is 5.75 Å². The molecule has 1 fully saturated rings. The van der Waals surface area contributed by atoms with Crippen molar-refractivity contribution in [3.8, 4) is 11.8 Å². The fraction of sp³-hybridized carbons (Fsp3) is 0.533. The van der Waals surface area contributed by atoms with E-state index in [4.69, 9.17) is 4.74 Å². The molecule has 0 aromatic heterocycles. The van der Waals surface area contributed by atoms with Crippen LogP contribution in [0.15, 0.2) is 18.2 Å². The summed E-state index contributed by atoms with van der Waals surface area (Å²) in [6.07, 6.45) is 4.17. The minimum absolute atomic E-state index is 0.133. The van der Waals surface area contributed by atoms with E-state index in [0.29, 0.717) is 0 Å². The molecule has 2 rings (SSSR count). The standard InChI is InChI=1S/C15H20N2O/c1-3-12-9-13(5-6-14(12)18-2)17-11-15(10-16)7-4-8-15/h5-6,9,17H,3-4,7-8,11H2,1-2H3. The van der Waals surface area contributed by atoms with Crippen molar-refractivity contribution in [3.05, 3.63) is 23.8 Å². The maximum atomic E-state index is 9.19. The van der Waals surface area contributed by atoms with Crippen LogP contribution < -0.4 is 10.1 Å². The molecule has 0 amide bonds. The molecule has 0 aliphatic heterocycles. The number of hydrogen-bond donors (Lipinski definition) is 1. The first-order chi connectivity index (χ1) is 8.73. The molecule has 1 saturated carbocycles. The molecule has 18 heavy (non-hydrogen) atoms. The molecule has 0 unspecified atom stereocenters. The van der Waals surface area contributed by atoms with Crippen molar-refractivity contribution < 1.29 is 4.74 Å². The zero-order chi connectivity index (χ0) is 13.0. The lowest BCUT2D eigenvalue weighted by Gasteiger charge is -2.35. The van der Waals surface area contributed by atoms with E-state index in [9.17, 15) is 5.26 Å². The van der Waals surface area contributed by atoms with Crippen LogP contribution in [-0.2, 0) is 6.42 Å². The lowest BCUT2D eigenvalue weighted by atomic mass is 9.70. The zero-order valence-corrected chi connectivity index (χ0v) is 11.1. The fourth-order valence-electron chi connectivity index (χ4n) is 2.37.